The van der Waals surface area contributed by atoms with Crippen LogP contribution in [0.2, 0.25) is 0 Å². The van der Waals surface area contributed by atoms with Gasteiger partial charge in [-0.15, -0.1) is 0 Å². The highest BCUT2D eigenvalue weighted by molar-refractivity contribution is 7.89. The quantitative estimate of drug-likeness (QED) is 0.615. The number of rotatable bonds is 7. The SMILES string of the molecule is CC(=O)N[C@H](Cc1ccccc1)C(=O)NC1CCN(S(=O)(=O)c2ccccc2C(F)(F)F)CC1. The predicted molar refractivity (Wildman–Crippen MR) is 119 cm³/mol. The van der Waals surface area contributed by atoms with Crippen LogP contribution in [0.3, 0.4) is 0 Å². The van der Waals surface area contributed by atoms with Crippen LogP contribution in [0, 0.1) is 0 Å². The maximum Gasteiger partial charge on any atom is 0.417 e. The van der Waals surface area contributed by atoms with E-state index >= 15 is 0 Å². The molecule has 34 heavy (non-hydrogen) atoms. The van der Waals surface area contributed by atoms with Gasteiger partial charge in [0.25, 0.3) is 0 Å². The molecule has 2 aromatic rings. The summed E-state index contributed by atoms with van der Waals surface area (Å²) in [6, 6.07) is 12.1. The lowest BCUT2D eigenvalue weighted by molar-refractivity contribution is -0.140. The number of piperidine rings is 1. The van der Waals surface area contributed by atoms with E-state index in [4.69, 9.17) is 0 Å². The third-order valence-corrected chi connectivity index (χ3v) is 7.54. The fraction of sp³-hybridized carbons (Fsp3) is 0.391. The van der Waals surface area contributed by atoms with E-state index in [1.807, 2.05) is 30.3 Å². The van der Waals surface area contributed by atoms with Gasteiger partial charge in [0.05, 0.1) is 10.5 Å². The Labute approximate surface area is 196 Å². The Kier molecular flexibility index (Phi) is 7.98. The Balaban J connectivity index is 1.65. The maximum absolute atomic E-state index is 13.3. The van der Waals surface area contributed by atoms with Gasteiger partial charge >= 0.3 is 6.18 Å². The number of halogens is 3. The highest BCUT2D eigenvalue weighted by Gasteiger charge is 2.39. The van der Waals surface area contributed by atoms with Gasteiger partial charge in [0, 0.05) is 32.5 Å². The summed E-state index contributed by atoms with van der Waals surface area (Å²) < 4.78 is 66.8. The van der Waals surface area contributed by atoms with Crippen LogP contribution in [0.5, 0.6) is 0 Å². The molecule has 1 fully saturated rings. The normalized spacial score (nSPS) is 16.6. The third kappa shape index (κ3) is 6.35. The smallest absolute Gasteiger partial charge is 0.351 e. The molecule has 2 N–H and O–H groups in total. The Morgan fingerprint density at radius 2 is 1.62 bits per heavy atom. The first-order valence-corrected chi connectivity index (χ1v) is 12.2. The number of carbonyl (C=O) groups is 2. The van der Waals surface area contributed by atoms with E-state index in [1.165, 1.54) is 13.0 Å². The largest absolute Gasteiger partial charge is 0.417 e. The third-order valence-electron chi connectivity index (χ3n) is 5.59. The number of hydrogen-bond donors (Lipinski definition) is 2. The van der Waals surface area contributed by atoms with E-state index in [0.29, 0.717) is 0 Å². The number of hydrogen-bond acceptors (Lipinski definition) is 4. The van der Waals surface area contributed by atoms with Crippen molar-refractivity contribution in [2.75, 3.05) is 13.1 Å². The molecule has 2 amide bonds. The molecule has 1 aliphatic heterocycles. The van der Waals surface area contributed by atoms with Crippen LogP contribution in [-0.4, -0.2) is 49.7 Å². The van der Waals surface area contributed by atoms with Crippen molar-refractivity contribution in [1.82, 2.24) is 14.9 Å². The van der Waals surface area contributed by atoms with Crippen molar-refractivity contribution in [3.8, 4) is 0 Å². The lowest BCUT2D eigenvalue weighted by atomic mass is 10.0. The number of nitrogens with zero attached hydrogens (tertiary/aromatic N) is 1. The molecular weight excluding hydrogens is 471 g/mol. The van der Waals surface area contributed by atoms with E-state index in [1.54, 1.807) is 0 Å². The lowest BCUT2D eigenvalue weighted by Crippen LogP contribution is -2.53. The first-order chi connectivity index (χ1) is 16.0. The Bertz CT molecular complexity index is 1120. The van der Waals surface area contributed by atoms with Crippen molar-refractivity contribution in [3.05, 3.63) is 65.7 Å². The van der Waals surface area contributed by atoms with Crippen LogP contribution >= 0.6 is 0 Å². The van der Waals surface area contributed by atoms with Gasteiger partial charge in [-0.05, 0) is 30.5 Å². The van der Waals surface area contributed by atoms with Crippen molar-refractivity contribution in [2.24, 2.45) is 0 Å². The van der Waals surface area contributed by atoms with Crippen LogP contribution in [0.25, 0.3) is 0 Å². The molecule has 0 bridgehead atoms. The van der Waals surface area contributed by atoms with Gasteiger partial charge in [-0.2, -0.15) is 17.5 Å². The molecule has 2 aromatic carbocycles. The van der Waals surface area contributed by atoms with Crippen molar-refractivity contribution in [2.45, 2.75) is 49.3 Å². The topological polar surface area (TPSA) is 95.6 Å². The maximum atomic E-state index is 13.3. The predicted octanol–water partition coefficient (Wildman–Crippen LogP) is 2.72. The summed E-state index contributed by atoms with van der Waals surface area (Å²) in [5.41, 5.74) is -0.342. The minimum atomic E-state index is -4.80. The van der Waals surface area contributed by atoms with E-state index in [-0.39, 0.29) is 44.3 Å². The molecule has 0 spiro atoms. The molecule has 0 radical (unpaired) electrons. The summed E-state index contributed by atoms with van der Waals surface area (Å²) in [6.45, 7) is 1.24. The van der Waals surface area contributed by atoms with Gasteiger partial charge in [0.15, 0.2) is 0 Å². The Morgan fingerprint density at radius 1 is 1.03 bits per heavy atom. The molecule has 184 valence electrons. The zero-order valence-corrected chi connectivity index (χ0v) is 19.3. The summed E-state index contributed by atoms with van der Waals surface area (Å²) >= 11 is 0. The van der Waals surface area contributed by atoms with Crippen molar-refractivity contribution in [3.63, 3.8) is 0 Å². The summed E-state index contributed by atoms with van der Waals surface area (Å²) in [6.07, 6.45) is -4.05. The van der Waals surface area contributed by atoms with E-state index in [0.717, 1.165) is 28.1 Å². The minimum Gasteiger partial charge on any atom is -0.351 e. The summed E-state index contributed by atoms with van der Waals surface area (Å²) in [5, 5.41) is 5.47. The van der Waals surface area contributed by atoms with Gasteiger partial charge in [-0.1, -0.05) is 42.5 Å². The van der Waals surface area contributed by atoms with Gasteiger partial charge in [0.2, 0.25) is 21.8 Å². The second-order valence-electron chi connectivity index (χ2n) is 8.12. The molecule has 1 saturated heterocycles. The zero-order chi connectivity index (χ0) is 24.9. The Morgan fingerprint density at radius 3 is 2.21 bits per heavy atom. The number of sulfonamides is 1. The monoisotopic (exact) mass is 497 g/mol. The molecule has 7 nitrogen and oxygen atoms in total. The van der Waals surface area contributed by atoms with Gasteiger partial charge < -0.3 is 10.6 Å². The second-order valence-corrected chi connectivity index (χ2v) is 10.0. The molecule has 0 aliphatic carbocycles. The zero-order valence-electron chi connectivity index (χ0n) is 18.5. The summed E-state index contributed by atoms with van der Waals surface area (Å²) in [5.74, 6) is -0.761. The number of carbonyl (C=O) groups excluding carboxylic acids is 2. The second kappa shape index (κ2) is 10.6. The molecule has 1 aliphatic rings. The molecule has 0 aromatic heterocycles. The highest BCUT2D eigenvalue weighted by Crippen LogP contribution is 2.35. The average Bonchev–Trinajstić information content (AvgIpc) is 2.79. The minimum absolute atomic E-state index is 0.0387. The van der Waals surface area contributed by atoms with Crippen LogP contribution in [0.15, 0.2) is 59.5 Å². The van der Waals surface area contributed by atoms with E-state index < -0.39 is 38.6 Å². The average molecular weight is 498 g/mol. The van der Waals surface area contributed by atoms with Crippen LogP contribution in [0.4, 0.5) is 13.2 Å². The fourth-order valence-corrected chi connectivity index (χ4v) is 5.59. The van der Waals surface area contributed by atoms with E-state index in [2.05, 4.69) is 10.6 Å². The first kappa shape index (κ1) is 25.7. The lowest BCUT2D eigenvalue weighted by Gasteiger charge is -2.33. The van der Waals surface area contributed by atoms with Crippen molar-refractivity contribution >= 4 is 21.8 Å². The molecule has 11 heteroatoms. The molecular formula is C23H26F3N3O4S. The van der Waals surface area contributed by atoms with E-state index in [9.17, 15) is 31.2 Å². The van der Waals surface area contributed by atoms with Crippen LogP contribution < -0.4 is 10.6 Å². The molecule has 0 unspecified atom stereocenters. The first-order valence-electron chi connectivity index (χ1n) is 10.8. The molecule has 0 saturated carbocycles. The number of benzene rings is 2. The van der Waals surface area contributed by atoms with Crippen LogP contribution in [-0.2, 0) is 32.2 Å². The Hall–Kier alpha value is -2.92. The van der Waals surface area contributed by atoms with Gasteiger partial charge in [-0.25, -0.2) is 8.42 Å². The molecule has 1 atom stereocenters. The fourth-order valence-electron chi connectivity index (χ4n) is 3.91. The highest BCUT2D eigenvalue weighted by atomic mass is 32.2. The molecule has 3 rings (SSSR count). The summed E-state index contributed by atoms with van der Waals surface area (Å²) in [7, 11) is -4.36. The van der Waals surface area contributed by atoms with Crippen molar-refractivity contribution < 1.29 is 31.2 Å². The molecule has 1 heterocycles. The van der Waals surface area contributed by atoms with Crippen LogP contribution in [0.1, 0.15) is 30.9 Å². The standard InChI is InChI=1S/C23H26F3N3O4S/c1-16(30)27-20(15-17-7-3-2-4-8-17)22(31)28-18-11-13-29(14-12-18)34(32,33)21-10-6-5-9-19(21)23(24,25)26/h2-10,18,20H,11-15H2,1H3,(H,27,30)(H,28,31)/t20-/m1/s1. The van der Waals surface area contributed by atoms with Gasteiger partial charge in [-0.3, -0.25) is 9.59 Å². The van der Waals surface area contributed by atoms with Crippen molar-refractivity contribution in [1.29, 1.82) is 0 Å². The van der Waals surface area contributed by atoms with Gasteiger partial charge in [0.1, 0.15) is 6.04 Å². The number of alkyl halides is 3. The summed E-state index contributed by atoms with van der Waals surface area (Å²) in [4.78, 5) is 23.6. The number of amides is 2. The number of nitrogens with one attached hydrogen (secondary N) is 2.